The lowest BCUT2D eigenvalue weighted by molar-refractivity contribution is -0.428. The molecular weight excluding hydrogens is 326 g/mol. The second kappa shape index (κ2) is 19.1. The minimum Gasteiger partial charge on any atom is -0.291 e. The van der Waals surface area contributed by atoms with Gasteiger partial charge in [-0.2, -0.15) is 0 Å². The first-order chi connectivity index (χ1) is 12.7. The van der Waals surface area contributed by atoms with Crippen LogP contribution in [0.1, 0.15) is 71.1 Å². The van der Waals surface area contributed by atoms with Gasteiger partial charge in [-0.3, -0.25) is 14.9 Å². The van der Waals surface area contributed by atoms with Crippen molar-refractivity contribution in [2.24, 2.45) is 0 Å². The van der Waals surface area contributed by atoms with Gasteiger partial charge in [-0.05, 0) is 44.6 Å². The molecule has 0 unspecified atom stereocenters. The highest BCUT2D eigenvalue weighted by Gasteiger charge is 2.08. The van der Waals surface area contributed by atoms with E-state index in [0.717, 1.165) is 44.9 Å². The SMILES string of the molecule is CCCCC/C(=C\C/C=C\C/C=C\C/C=C\C/C=C\CC[C]=O)[N+](=O)[O-]. The molecular formula is C22H32NO3. The molecule has 143 valence electrons. The zero-order valence-electron chi connectivity index (χ0n) is 15.9. The zero-order chi connectivity index (χ0) is 19.3. The molecule has 0 saturated heterocycles. The van der Waals surface area contributed by atoms with E-state index in [4.69, 9.17) is 0 Å². The summed E-state index contributed by atoms with van der Waals surface area (Å²) in [6.07, 6.45) is 28.1. The average Bonchev–Trinajstić information content (AvgIpc) is 2.63. The molecule has 0 bridgehead atoms. The highest BCUT2D eigenvalue weighted by atomic mass is 16.6. The molecule has 0 spiro atoms. The summed E-state index contributed by atoms with van der Waals surface area (Å²) in [6, 6.07) is 0. The van der Waals surface area contributed by atoms with Gasteiger partial charge in [0, 0.05) is 12.8 Å². The van der Waals surface area contributed by atoms with Crippen LogP contribution >= 0.6 is 0 Å². The second-order valence-corrected chi connectivity index (χ2v) is 5.92. The summed E-state index contributed by atoms with van der Waals surface area (Å²) in [6.45, 7) is 2.09. The van der Waals surface area contributed by atoms with Gasteiger partial charge >= 0.3 is 0 Å². The van der Waals surface area contributed by atoms with Crippen LogP contribution in [-0.4, -0.2) is 11.2 Å². The molecule has 0 rings (SSSR count). The van der Waals surface area contributed by atoms with Crippen LogP contribution in [-0.2, 0) is 4.79 Å². The van der Waals surface area contributed by atoms with Crippen LogP contribution in [0.2, 0.25) is 0 Å². The Morgan fingerprint density at radius 3 is 1.92 bits per heavy atom. The van der Waals surface area contributed by atoms with Gasteiger partial charge < -0.3 is 0 Å². The van der Waals surface area contributed by atoms with Crippen molar-refractivity contribution in [1.82, 2.24) is 0 Å². The zero-order valence-corrected chi connectivity index (χ0v) is 15.9. The Bertz CT molecular complexity index is 513. The predicted molar refractivity (Wildman–Crippen MR) is 109 cm³/mol. The van der Waals surface area contributed by atoms with Crippen molar-refractivity contribution in [3.8, 4) is 0 Å². The minimum atomic E-state index is -0.258. The molecule has 4 heteroatoms. The van der Waals surface area contributed by atoms with Gasteiger partial charge in [0.25, 0.3) is 0 Å². The molecule has 1 radical (unpaired) electrons. The first-order valence-electron chi connectivity index (χ1n) is 9.50. The maximum Gasteiger partial charge on any atom is 0.242 e. The molecule has 0 fully saturated rings. The van der Waals surface area contributed by atoms with Crippen molar-refractivity contribution >= 4 is 6.29 Å². The third-order valence-corrected chi connectivity index (χ3v) is 3.66. The van der Waals surface area contributed by atoms with Crippen molar-refractivity contribution in [2.45, 2.75) is 71.1 Å². The number of hydrogen-bond donors (Lipinski definition) is 0. The highest BCUT2D eigenvalue weighted by Crippen LogP contribution is 2.10. The third kappa shape index (κ3) is 16.6. The summed E-state index contributed by atoms with van der Waals surface area (Å²) in [5.74, 6) is 0. The molecule has 0 aromatic heterocycles. The van der Waals surface area contributed by atoms with E-state index in [9.17, 15) is 14.9 Å². The van der Waals surface area contributed by atoms with Crippen LogP contribution in [0.3, 0.4) is 0 Å². The van der Waals surface area contributed by atoms with E-state index < -0.39 is 0 Å². The molecule has 0 aliphatic rings. The van der Waals surface area contributed by atoms with Crippen molar-refractivity contribution in [1.29, 1.82) is 0 Å². The Hall–Kier alpha value is -2.23. The number of carbonyl (C=O) groups excluding carboxylic acids is 1. The number of unbranched alkanes of at least 4 members (excludes halogenated alkanes) is 3. The molecule has 0 aliphatic carbocycles. The molecule has 0 aliphatic heterocycles. The largest absolute Gasteiger partial charge is 0.291 e. The lowest BCUT2D eigenvalue weighted by atomic mass is 10.1. The number of allylic oxidation sites excluding steroid dienone is 10. The first kappa shape index (κ1) is 23.8. The summed E-state index contributed by atoms with van der Waals surface area (Å²) < 4.78 is 0. The van der Waals surface area contributed by atoms with Crippen LogP contribution in [0.5, 0.6) is 0 Å². The Balaban J connectivity index is 3.85. The lowest BCUT2D eigenvalue weighted by Gasteiger charge is -1.97. The van der Waals surface area contributed by atoms with Gasteiger partial charge in [-0.25, -0.2) is 0 Å². The molecule has 26 heavy (non-hydrogen) atoms. The molecule has 0 aromatic rings. The molecule has 0 saturated carbocycles. The normalized spacial score (nSPS) is 12.9. The maximum atomic E-state index is 10.9. The smallest absolute Gasteiger partial charge is 0.242 e. The molecule has 0 aromatic carbocycles. The topological polar surface area (TPSA) is 60.2 Å². The first-order valence-corrected chi connectivity index (χ1v) is 9.50. The third-order valence-electron chi connectivity index (χ3n) is 3.66. The van der Waals surface area contributed by atoms with Crippen molar-refractivity contribution in [3.05, 3.63) is 70.5 Å². The fraction of sp³-hybridized carbons (Fsp3) is 0.500. The van der Waals surface area contributed by atoms with E-state index >= 15 is 0 Å². The predicted octanol–water partition coefficient (Wildman–Crippen LogP) is 6.40. The van der Waals surface area contributed by atoms with Crippen LogP contribution in [0.25, 0.3) is 0 Å². The lowest BCUT2D eigenvalue weighted by Crippen LogP contribution is -1.98. The number of rotatable bonds is 16. The fourth-order valence-electron chi connectivity index (χ4n) is 2.20. The Morgan fingerprint density at radius 1 is 0.885 bits per heavy atom. The second-order valence-electron chi connectivity index (χ2n) is 5.92. The Kier molecular flexibility index (Phi) is 17.5. The standard InChI is InChI=1S/C22H32NO3/c1-2-3-16-19-22(23(25)26)20-17-14-12-10-8-6-4-5-7-9-11-13-15-18-21-24/h5-8,11-14,20H,2-4,9-10,15-19H2,1H3/b7-5-,8-6-,13-11-,14-12-,22-20+. The fourth-order valence-corrected chi connectivity index (χ4v) is 2.20. The molecule has 0 atom stereocenters. The van der Waals surface area contributed by atoms with Crippen LogP contribution in [0, 0.1) is 10.1 Å². The monoisotopic (exact) mass is 358 g/mol. The Labute approximate surface area is 158 Å². The maximum absolute atomic E-state index is 10.9. The van der Waals surface area contributed by atoms with E-state index in [1.54, 1.807) is 6.08 Å². The van der Waals surface area contributed by atoms with Crippen molar-refractivity contribution in [3.63, 3.8) is 0 Å². The average molecular weight is 359 g/mol. The van der Waals surface area contributed by atoms with E-state index in [2.05, 4.69) is 37.3 Å². The van der Waals surface area contributed by atoms with Crippen LogP contribution in [0.4, 0.5) is 0 Å². The van der Waals surface area contributed by atoms with Gasteiger partial charge in [-0.1, -0.05) is 68.4 Å². The van der Waals surface area contributed by atoms with E-state index in [1.165, 1.54) is 0 Å². The minimum absolute atomic E-state index is 0.258. The van der Waals surface area contributed by atoms with Crippen molar-refractivity contribution in [2.75, 3.05) is 0 Å². The van der Waals surface area contributed by atoms with Crippen molar-refractivity contribution < 1.29 is 9.72 Å². The van der Waals surface area contributed by atoms with Gasteiger partial charge in [0.05, 0.1) is 4.92 Å². The van der Waals surface area contributed by atoms with Crippen LogP contribution < -0.4 is 0 Å². The summed E-state index contributed by atoms with van der Waals surface area (Å²) >= 11 is 0. The molecule has 0 heterocycles. The number of hydrogen-bond acceptors (Lipinski definition) is 3. The summed E-state index contributed by atoms with van der Waals surface area (Å²) in [5.41, 5.74) is 0.335. The van der Waals surface area contributed by atoms with E-state index in [1.807, 2.05) is 24.5 Å². The van der Waals surface area contributed by atoms with Gasteiger partial charge in [-0.15, -0.1) is 0 Å². The molecule has 0 N–H and O–H groups in total. The Morgan fingerprint density at radius 2 is 1.42 bits per heavy atom. The van der Waals surface area contributed by atoms with Gasteiger partial charge in [0.2, 0.25) is 5.70 Å². The van der Waals surface area contributed by atoms with Crippen LogP contribution in [0.15, 0.2) is 60.4 Å². The van der Waals surface area contributed by atoms with Gasteiger partial charge in [0.1, 0.15) is 0 Å². The van der Waals surface area contributed by atoms with Gasteiger partial charge in [0.15, 0.2) is 6.29 Å². The quantitative estimate of drug-likeness (QED) is 0.139. The van der Waals surface area contributed by atoms with E-state index in [-0.39, 0.29) is 4.92 Å². The number of nitrogens with zero attached hydrogens (tertiary/aromatic N) is 1. The number of nitro groups is 1. The molecule has 0 amide bonds. The van der Waals surface area contributed by atoms with E-state index in [0.29, 0.717) is 25.0 Å². The summed E-state index contributed by atoms with van der Waals surface area (Å²) in [4.78, 5) is 20.7. The summed E-state index contributed by atoms with van der Waals surface area (Å²) in [7, 11) is 0. The highest BCUT2D eigenvalue weighted by molar-refractivity contribution is 5.50. The summed E-state index contributed by atoms with van der Waals surface area (Å²) in [5, 5.41) is 10.9. The molecule has 4 nitrogen and oxygen atoms in total.